The van der Waals surface area contributed by atoms with Crippen molar-refractivity contribution in [2.45, 2.75) is 53.4 Å². The largest absolute Gasteiger partial charge is 0.255 e. The van der Waals surface area contributed by atoms with Crippen molar-refractivity contribution in [3.63, 3.8) is 0 Å². The molecule has 0 fully saturated rings. The van der Waals surface area contributed by atoms with Crippen LogP contribution in [0.1, 0.15) is 58.2 Å². The summed E-state index contributed by atoms with van der Waals surface area (Å²) in [6, 6.07) is 18.7. The molecule has 1 heterocycles. The van der Waals surface area contributed by atoms with Crippen molar-refractivity contribution in [1.82, 2.24) is 4.98 Å². The lowest BCUT2D eigenvalue weighted by molar-refractivity contribution is 0.409. The lowest BCUT2D eigenvalue weighted by Crippen LogP contribution is -2.12. The van der Waals surface area contributed by atoms with Crippen molar-refractivity contribution >= 4 is 10.8 Å². The van der Waals surface area contributed by atoms with E-state index in [4.69, 9.17) is 0 Å². The van der Waals surface area contributed by atoms with E-state index >= 15 is 8.78 Å². The molecule has 0 N–H and O–H groups in total. The van der Waals surface area contributed by atoms with E-state index in [1.165, 1.54) is 18.3 Å². The third-order valence-electron chi connectivity index (χ3n) is 6.10. The number of hydrogen-bond acceptors (Lipinski definition) is 2. The lowest BCUT2D eigenvalue weighted by Gasteiger charge is -2.23. The zero-order valence-electron chi connectivity index (χ0n) is 21.1. The second-order valence-corrected chi connectivity index (χ2v) is 11.4. The number of nitriles is 1. The van der Waals surface area contributed by atoms with Crippen LogP contribution in [-0.2, 0) is 11.8 Å². The number of benzene rings is 3. The van der Waals surface area contributed by atoms with Gasteiger partial charge in [0.2, 0.25) is 0 Å². The summed E-state index contributed by atoms with van der Waals surface area (Å²) in [7, 11) is 0. The summed E-state index contributed by atoms with van der Waals surface area (Å²) in [5, 5.41) is 11.9. The van der Waals surface area contributed by atoms with Crippen molar-refractivity contribution in [1.29, 1.82) is 5.26 Å². The molecule has 1 aromatic heterocycles. The molecule has 0 saturated heterocycles. The molecule has 0 radical (unpaired) electrons. The van der Waals surface area contributed by atoms with E-state index < -0.39 is 11.6 Å². The fourth-order valence-electron chi connectivity index (χ4n) is 4.59. The van der Waals surface area contributed by atoms with Crippen molar-refractivity contribution in [3.8, 4) is 28.5 Å². The van der Waals surface area contributed by atoms with E-state index in [1.807, 2.05) is 51.1 Å². The highest BCUT2D eigenvalue weighted by Crippen LogP contribution is 2.37. The molecule has 0 spiro atoms. The second kappa shape index (κ2) is 8.89. The minimum Gasteiger partial charge on any atom is -0.255 e. The van der Waals surface area contributed by atoms with Crippen molar-refractivity contribution < 1.29 is 8.78 Å². The molecular weight excluding hydrogens is 438 g/mol. The highest BCUT2D eigenvalue weighted by molar-refractivity contribution is 5.91. The first-order chi connectivity index (χ1) is 16.4. The minimum absolute atomic E-state index is 0.108. The molecule has 0 atom stereocenters. The van der Waals surface area contributed by atoms with E-state index in [9.17, 15) is 5.26 Å². The molecule has 4 rings (SSSR count). The van der Waals surface area contributed by atoms with E-state index in [0.717, 1.165) is 21.9 Å². The Hall–Kier alpha value is -3.58. The third kappa shape index (κ3) is 5.10. The monoisotopic (exact) mass is 468 g/mol. The van der Waals surface area contributed by atoms with Gasteiger partial charge in [-0.15, -0.1) is 0 Å². The van der Waals surface area contributed by atoms with Crippen molar-refractivity contribution in [2.24, 2.45) is 5.41 Å². The molecular formula is C31H30F2N2. The fraction of sp³-hybridized carbons (Fsp3) is 0.290. The zero-order chi connectivity index (χ0) is 25.5. The molecule has 0 aliphatic carbocycles. The van der Waals surface area contributed by atoms with Crippen LogP contribution in [0.15, 0.2) is 60.8 Å². The summed E-state index contributed by atoms with van der Waals surface area (Å²) in [4.78, 5) is 4.49. The Kier molecular flexibility index (Phi) is 6.23. The number of hydrogen-bond donors (Lipinski definition) is 0. The molecule has 4 aromatic rings. The Labute approximate surface area is 206 Å². The fourth-order valence-corrected chi connectivity index (χ4v) is 4.59. The van der Waals surface area contributed by atoms with Gasteiger partial charge in [0.05, 0.1) is 16.8 Å². The number of pyridine rings is 1. The van der Waals surface area contributed by atoms with Crippen LogP contribution < -0.4 is 0 Å². The van der Waals surface area contributed by atoms with Gasteiger partial charge in [-0.3, -0.25) is 4.98 Å². The van der Waals surface area contributed by atoms with Crippen molar-refractivity contribution in [3.05, 3.63) is 89.1 Å². The second-order valence-electron chi connectivity index (χ2n) is 11.4. The molecule has 3 aromatic carbocycles. The lowest BCUT2D eigenvalue weighted by atomic mass is 9.82. The highest BCUT2D eigenvalue weighted by Gasteiger charge is 2.22. The summed E-state index contributed by atoms with van der Waals surface area (Å²) in [6.07, 6.45) is 1.94. The molecule has 2 nitrogen and oxygen atoms in total. The molecule has 178 valence electrons. The zero-order valence-corrected chi connectivity index (χ0v) is 21.1. The van der Waals surface area contributed by atoms with Crippen LogP contribution in [0.2, 0.25) is 0 Å². The van der Waals surface area contributed by atoms with Gasteiger partial charge in [-0.05, 0) is 69.5 Å². The van der Waals surface area contributed by atoms with Gasteiger partial charge >= 0.3 is 0 Å². The van der Waals surface area contributed by atoms with Gasteiger partial charge in [-0.1, -0.05) is 65.8 Å². The maximum Gasteiger partial charge on any atom is 0.134 e. The van der Waals surface area contributed by atoms with Gasteiger partial charge < -0.3 is 0 Å². The molecule has 0 bridgehead atoms. The first-order valence-electron chi connectivity index (χ1n) is 11.8. The summed E-state index contributed by atoms with van der Waals surface area (Å²) in [5.41, 5.74) is 3.06. The normalized spacial score (nSPS) is 12.1. The van der Waals surface area contributed by atoms with Crippen LogP contribution in [0, 0.1) is 28.4 Å². The van der Waals surface area contributed by atoms with Crippen LogP contribution in [-0.4, -0.2) is 4.98 Å². The number of nitrogens with zero attached hydrogens (tertiary/aromatic N) is 2. The number of aromatic nitrogens is 1. The summed E-state index contributed by atoms with van der Waals surface area (Å²) in [5.74, 6) is -1.35. The highest BCUT2D eigenvalue weighted by atomic mass is 19.1. The summed E-state index contributed by atoms with van der Waals surface area (Å²) >= 11 is 0. The Morgan fingerprint density at radius 3 is 2.14 bits per heavy atom. The van der Waals surface area contributed by atoms with E-state index in [-0.39, 0.29) is 27.5 Å². The summed E-state index contributed by atoms with van der Waals surface area (Å²) in [6.45, 7) is 12.5. The van der Waals surface area contributed by atoms with Crippen molar-refractivity contribution in [2.75, 3.05) is 0 Å². The number of halogens is 2. The SMILES string of the molecule is CC(C)(C)Cc1cc(F)c(-c2cc(-c3cc(C(C)(C)C)c4ccccc4c3)ncc2C#N)c(F)c1. The molecule has 0 amide bonds. The average molecular weight is 469 g/mol. The predicted molar refractivity (Wildman–Crippen MR) is 139 cm³/mol. The molecule has 0 aliphatic heterocycles. The van der Waals surface area contributed by atoms with E-state index in [1.54, 1.807) is 6.07 Å². The molecule has 0 unspecified atom stereocenters. The Bertz CT molecular complexity index is 1440. The van der Waals surface area contributed by atoms with E-state index in [2.05, 4.69) is 37.9 Å². The smallest absolute Gasteiger partial charge is 0.134 e. The topological polar surface area (TPSA) is 36.7 Å². The van der Waals surface area contributed by atoms with Gasteiger partial charge in [-0.25, -0.2) is 8.78 Å². The minimum atomic E-state index is -0.674. The van der Waals surface area contributed by atoms with Crippen LogP contribution in [0.3, 0.4) is 0 Å². The Morgan fingerprint density at radius 1 is 0.886 bits per heavy atom. The van der Waals surface area contributed by atoms with Gasteiger partial charge in [0.15, 0.2) is 0 Å². The van der Waals surface area contributed by atoms with Crippen LogP contribution >= 0.6 is 0 Å². The maximum atomic E-state index is 15.3. The van der Waals surface area contributed by atoms with Crippen LogP contribution in [0.25, 0.3) is 33.2 Å². The standard InChI is InChI=1S/C31H30F2N2/c1-30(2,3)16-19-11-26(32)29(27(33)12-19)24-15-28(35-18-22(24)17-34)21-13-20-9-7-8-10-23(20)25(14-21)31(4,5)6/h7-15,18H,16H2,1-6H3. The first-order valence-corrected chi connectivity index (χ1v) is 11.8. The first kappa shape index (κ1) is 24.5. The van der Waals surface area contributed by atoms with Crippen LogP contribution in [0.4, 0.5) is 8.78 Å². The van der Waals surface area contributed by atoms with Gasteiger partial charge in [-0.2, -0.15) is 5.26 Å². The van der Waals surface area contributed by atoms with Crippen LogP contribution in [0.5, 0.6) is 0 Å². The van der Waals surface area contributed by atoms with Gasteiger partial charge in [0.1, 0.15) is 17.7 Å². The number of rotatable bonds is 3. The van der Waals surface area contributed by atoms with Gasteiger partial charge in [0.25, 0.3) is 0 Å². The molecule has 4 heteroatoms. The Balaban J connectivity index is 1.91. The third-order valence-corrected chi connectivity index (χ3v) is 6.10. The molecule has 0 saturated carbocycles. The average Bonchev–Trinajstić information content (AvgIpc) is 2.76. The quantitative estimate of drug-likeness (QED) is 0.302. The number of fused-ring (bicyclic) bond motifs is 1. The van der Waals surface area contributed by atoms with E-state index in [0.29, 0.717) is 17.7 Å². The maximum absolute atomic E-state index is 15.3. The predicted octanol–water partition coefficient (Wildman–Crippen LogP) is 8.60. The molecule has 0 aliphatic rings. The summed E-state index contributed by atoms with van der Waals surface area (Å²) < 4.78 is 30.6. The molecule has 35 heavy (non-hydrogen) atoms. The van der Waals surface area contributed by atoms with Gasteiger partial charge in [0, 0.05) is 17.3 Å². The Morgan fingerprint density at radius 2 is 1.54 bits per heavy atom.